The summed E-state index contributed by atoms with van der Waals surface area (Å²) < 4.78 is 9.61. The third kappa shape index (κ3) is 4.82. The molecule has 0 aliphatic carbocycles. The number of nitrogens with zero attached hydrogens (tertiary/aromatic N) is 3. The van der Waals surface area contributed by atoms with E-state index in [0.29, 0.717) is 5.56 Å². The van der Waals surface area contributed by atoms with E-state index in [9.17, 15) is 29.8 Å². The van der Waals surface area contributed by atoms with Crippen molar-refractivity contribution in [2.45, 2.75) is 6.92 Å². The average Bonchev–Trinajstić information content (AvgIpc) is 2.71. The standard InChI is InChI=1S/C19H13N3O8/c1-11-16(21(25)26)8-13(9-17(11)22(27)28)19(24)30-15-5-3-4-12(7-15)6-14(10-20)18(23)29-2/h3-9H,1-2H3/b14-6+. The van der Waals surface area contributed by atoms with Crippen LogP contribution < -0.4 is 4.74 Å². The van der Waals surface area contributed by atoms with Crippen LogP contribution in [0.15, 0.2) is 42.0 Å². The number of methoxy groups -OCH3 is 1. The highest BCUT2D eigenvalue weighted by Crippen LogP contribution is 2.30. The Kier molecular flexibility index (Phi) is 6.56. The molecular weight excluding hydrogens is 398 g/mol. The molecule has 2 aromatic carbocycles. The normalized spacial score (nSPS) is 10.6. The summed E-state index contributed by atoms with van der Waals surface area (Å²) in [4.78, 5) is 44.5. The van der Waals surface area contributed by atoms with E-state index >= 15 is 0 Å². The van der Waals surface area contributed by atoms with Crippen molar-refractivity contribution in [3.05, 3.63) is 78.9 Å². The molecule has 152 valence electrons. The topological polar surface area (TPSA) is 163 Å². The second-order valence-electron chi connectivity index (χ2n) is 5.78. The number of carbonyl (C=O) groups excluding carboxylic acids is 2. The van der Waals surface area contributed by atoms with Crippen molar-refractivity contribution in [3.63, 3.8) is 0 Å². The van der Waals surface area contributed by atoms with Crippen LogP contribution in [0.25, 0.3) is 6.08 Å². The number of benzene rings is 2. The molecule has 0 N–H and O–H groups in total. The lowest BCUT2D eigenvalue weighted by molar-refractivity contribution is -0.395. The van der Waals surface area contributed by atoms with Gasteiger partial charge in [0.25, 0.3) is 11.4 Å². The summed E-state index contributed by atoms with van der Waals surface area (Å²) >= 11 is 0. The lowest BCUT2D eigenvalue weighted by Gasteiger charge is -2.07. The first-order valence-electron chi connectivity index (χ1n) is 8.13. The quantitative estimate of drug-likeness (QED) is 0.173. The van der Waals surface area contributed by atoms with Crippen LogP contribution in [0.5, 0.6) is 5.75 Å². The Hall–Kier alpha value is -4.59. The minimum atomic E-state index is -1.06. The van der Waals surface area contributed by atoms with E-state index < -0.39 is 33.2 Å². The fourth-order valence-corrected chi connectivity index (χ4v) is 2.43. The molecule has 0 aliphatic heterocycles. The van der Waals surface area contributed by atoms with E-state index in [1.165, 1.54) is 37.3 Å². The van der Waals surface area contributed by atoms with Crippen LogP contribution in [0.2, 0.25) is 0 Å². The van der Waals surface area contributed by atoms with Gasteiger partial charge in [0, 0.05) is 12.1 Å². The Labute approximate surface area is 169 Å². The van der Waals surface area contributed by atoms with Gasteiger partial charge in [-0.2, -0.15) is 5.26 Å². The van der Waals surface area contributed by atoms with E-state index in [-0.39, 0.29) is 22.4 Å². The van der Waals surface area contributed by atoms with Gasteiger partial charge in [0.1, 0.15) is 23.0 Å². The SMILES string of the molecule is COC(=O)/C(C#N)=C/c1cccc(OC(=O)c2cc([N+](=O)[O-])c(C)c([N+](=O)[O-])c2)c1. The average molecular weight is 411 g/mol. The second-order valence-corrected chi connectivity index (χ2v) is 5.78. The molecule has 0 spiro atoms. The van der Waals surface area contributed by atoms with Crippen LogP contribution >= 0.6 is 0 Å². The number of nitro benzene ring substituents is 2. The van der Waals surface area contributed by atoms with Crippen molar-refractivity contribution in [2.24, 2.45) is 0 Å². The Balaban J connectivity index is 2.39. The van der Waals surface area contributed by atoms with E-state index in [0.717, 1.165) is 19.2 Å². The highest BCUT2D eigenvalue weighted by molar-refractivity contribution is 5.98. The molecule has 0 aromatic heterocycles. The van der Waals surface area contributed by atoms with Gasteiger partial charge >= 0.3 is 11.9 Å². The molecule has 0 radical (unpaired) electrons. The zero-order valence-electron chi connectivity index (χ0n) is 15.6. The zero-order valence-corrected chi connectivity index (χ0v) is 15.6. The first-order valence-corrected chi connectivity index (χ1v) is 8.13. The second kappa shape index (κ2) is 9.07. The fraction of sp³-hybridized carbons (Fsp3) is 0.105. The van der Waals surface area contributed by atoms with Crippen LogP contribution in [0.3, 0.4) is 0 Å². The smallest absolute Gasteiger partial charge is 0.348 e. The molecule has 0 bridgehead atoms. The Morgan fingerprint density at radius 3 is 2.20 bits per heavy atom. The van der Waals surface area contributed by atoms with Crippen molar-refractivity contribution in [1.82, 2.24) is 0 Å². The van der Waals surface area contributed by atoms with Gasteiger partial charge < -0.3 is 9.47 Å². The van der Waals surface area contributed by atoms with Crippen LogP contribution in [0.4, 0.5) is 11.4 Å². The number of hydrogen-bond acceptors (Lipinski definition) is 9. The summed E-state index contributed by atoms with van der Waals surface area (Å²) in [5.74, 6) is -1.92. The minimum Gasteiger partial charge on any atom is -0.465 e. The van der Waals surface area contributed by atoms with Crippen molar-refractivity contribution in [1.29, 1.82) is 5.26 Å². The van der Waals surface area contributed by atoms with Crippen LogP contribution in [-0.4, -0.2) is 28.9 Å². The molecule has 2 rings (SSSR count). The molecule has 11 heteroatoms. The highest BCUT2D eigenvalue weighted by Gasteiger charge is 2.26. The van der Waals surface area contributed by atoms with Gasteiger partial charge in [-0.15, -0.1) is 0 Å². The van der Waals surface area contributed by atoms with Crippen molar-refractivity contribution in [3.8, 4) is 11.8 Å². The summed E-state index contributed by atoms with van der Waals surface area (Å²) in [7, 11) is 1.12. The summed E-state index contributed by atoms with van der Waals surface area (Å²) in [6, 6.07) is 9.17. The van der Waals surface area contributed by atoms with Gasteiger partial charge in [-0.05, 0) is 30.7 Å². The summed E-state index contributed by atoms with van der Waals surface area (Å²) in [6.07, 6.45) is 1.21. The molecule has 0 fully saturated rings. The highest BCUT2D eigenvalue weighted by atomic mass is 16.6. The van der Waals surface area contributed by atoms with Crippen LogP contribution in [0, 0.1) is 38.5 Å². The Bertz CT molecular complexity index is 1100. The Morgan fingerprint density at radius 2 is 1.70 bits per heavy atom. The third-order valence-electron chi connectivity index (χ3n) is 3.89. The Morgan fingerprint density at radius 1 is 1.10 bits per heavy atom. The molecule has 0 saturated heterocycles. The number of carbonyl (C=O) groups is 2. The van der Waals surface area contributed by atoms with Gasteiger partial charge in [-0.1, -0.05) is 12.1 Å². The van der Waals surface area contributed by atoms with Gasteiger partial charge in [0.2, 0.25) is 0 Å². The van der Waals surface area contributed by atoms with Crippen LogP contribution in [-0.2, 0) is 9.53 Å². The van der Waals surface area contributed by atoms with E-state index in [4.69, 9.17) is 10.00 Å². The van der Waals surface area contributed by atoms with Crippen molar-refractivity contribution >= 4 is 29.4 Å². The predicted molar refractivity (Wildman–Crippen MR) is 101 cm³/mol. The molecule has 2 aromatic rings. The van der Waals surface area contributed by atoms with Gasteiger partial charge in [0.15, 0.2) is 0 Å². The lowest BCUT2D eigenvalue weighted by atomic mass is 10.1. The molecule has 30 heavy (non-hydrogen) atoms. The first-order chi connectivity index (χ1) is 14.2. The maximum absolute atomic E-state index is 12.4. The maximum atomic E-state index is 12.4. The third-order valence-corrected chi connectivity index (χ3v) is 3.89. The molecule has 11 nitrogen and oxygen atoms in total. The van der Waals surface area contributed by atoms with Gasteiger partial charge in [0.05, 0.1) is 22.5 Å². The molecule has 0 heterocycles. The molecular formula is C19H13N3O8. The molecule has 0 aliphatic rings. The molecule has 0 unspecified atom stereocenters. The molecule has 0 atom stereocenters. The number of ether oxygens (including phenoxy) is 2. The fourth-order valence-electron chi connectivity index (χ4n) is 2.43. The van der Waals surface area contributed by atoms with E-state index in [1.54, 1.807) is 6.07 Å². The summed E-state index contributed by atoms with van der Waals surface area (Å²) in [6.45, 7) is 1.20. The molecule has 0 saturated carbocycles. The number of rotatable bonds is 6. The van der Waals surface area contributed by atoms with Gasteiger partial charge in [-0.3, -0.25) is 20.2 Å². The largest absolute Gasteiger partial charge is 0.465 e. The number of nitriles is 1. The monoisotopic (exact) mass is 411 g/mol. The van der Waals surface area contributed by atoms with Crippen molar-refractivity contribution in [2.75, 3.05) is 7.11 Å². The number of nitro groups is 2. The first kappa shape index (κ1) is 21.7. The maximum Gasteiger partial charge on any atom is 0.348 e. The summed E-state index contributed by atoms with van der Waals surface area (Å²) in [5.41, 5.74) is -1.71. The number of esters is 2. The minimum absolute atomic E-state index is 0.0122. The lowest BCUT2D eigenvalue weighted by Crippen LogP contribution is -2.10. The van der Waals surface area contributed by atoms with Crippen LogP contribution in [0.1, 0.15) is 21.5 Å². The number of hydrogen-bond donors (Lipinski definition) is 0. The molecule has 0 amide bonds. The van der Waals surface area contributed by atoms with Crippen molar-refractivity contribution < 1.29 is 28.9 Å². The van der Waals surface area contributed by atoms with E-state index in [1.807, 2.05) is 0 Å². The zero-order chi connectivity index (χ0) is 22.4. The summed E-state index contributed by atoms with van der Waals surface area (Å²) in [5, 5.41) is 31.3. The van der Waals surface area contributed by atoms with E-state index in [2.05, 4.69) is 4.74 Å². The predicted octanol–water partition coefficient (Wildman–Crippen LogP) is 3.11. The van der Waals surface area contributed by atoms with Gasteiger partial charge in [-0.25, -0.2) is 9.59 Å².